The lowest BCUT2D eigenvalue weighted by molar-refractivity contribution is -0.144. The number of hydrogen-bond donors (Lipinski definition) is 1. The van der Waals surface area contributed by atoms with Crippen LogP contribution in [0.2, 0.25) is 0 Å². The van der Waals surface area contributed by atoms with Crippen LogP contribution in [0.3, 0.4) is 0 Å². The number of aliphatic hydroxyl groups is 1. The third-order valence-corrected chi connectivity index (χ3v) is 13.9. The molecule has 0 aromatic rings. The fourth-order valence-corrected chi connectivity index (χ4v) is 9.43. The van der Waals surface area contributed by atoms with Gasteiger partial charge in [0.15, 0.2) is 5.79 Å². The van der Waals surface area contributed by atoms with Crippen LogP contribution in [0.25, 0.3) is 0 Å². The van der Waals surface area contributed by atoms with Gasteiger partial charge < -0.3 is 29.0 Å². The Hall–Kier alpha value is -0.730. The lowest BCUT2D eigenvalue weighted by Crippen LogP contribution is -2.22. The number of ether oxygens (including phenoxy) is 4. The second kappa shape index (κ2) is 43.8. The first kappa shape index (κ1) is 60.3. The molecule has 0 radical (unpaired) electrons. The summed E-state index contributed by atoms with van der Waals surface area (Å²) in [5.74, 6) is 1.28. The van der Waals surface area contributed by atoms with Gasteiger partial charge in [-0.05, 0) is 90.3 Å². The number of rotatable bonds is 51. The van der Waals surface area contributed by atoms with Crippen LogP contribution >= 0.6 is 0 Å². The first-order valence-electron chi connectivity index (χ1n) is 28.1. The molecule has 1 saturated heterocycles. The molecule has 1 N–H and O–H groups in total. The molecule has 1 heterocycles. The molecule has 0 aromatic carbocycles. The van der Waals surface area contributed by atoms with E-state index in [1.54, 1.807) is 0 Å². The Morgan fingerprint density at radius 1 is 0.540 bits per heavy atom. The standard InChI is InChI=1S/C56H111NO6/c1-7-11-25-35-51(36-26-12-8-2)43-47-60-55(59)42-31-23-19-15-17-21-29-40-54(61-49-53(58)39-32-34-46-57(5)6)41-30-22-18-16-20-24-33-45-56(50-63-56)62-48-44-52(37-27-13-9-3)38-28-14-10-4/h51-54,58H,7-50H2,1-6H3. The number of carbonyl (C=O) groups excluding carboxylic acids is 1. The van der Waals surface area contributed by atoms with Gasteiger partial charge in [-0.1, -0.05) is 207 Å². The third-order valence-electron chi connectivity index (χ3n) is 13.9. The highest BCUT2D eigenvalue weighted by Crippen LogP contribution is 2.35. The number of esters is 1. The number of hydrogen-bond acceptors (Lipinski definition) is 7. The molecular formula is C56H111NO6. The summed E-state index contributed by atoms with van der Waals surface area (Å²) in [7, 11) is 4.22. The lowest BCUT2D eigenvalue weighted by atomic mass is 9.92. The molecule has 1 fully saturated rings. The quantitative estimate of drug-likeness (QED) is 0.0370. The second-order valence-corrected chi connectivity index (χ2v) is 20.5. The van der Waals surface area contributed by atoms with Gasteiger partial charge in [-0.15, -0.1) is 0 Å². The molecule has 1 rings (SSSR count). The van der Waals surface area contributed by atoms with E-state index in [1.807, 2.05) is 0 Å². The highest BCUT2D eigenvalue weighted by atomic mass is 16.8. The zero-order valence-electron chi connectivity index (χ0n) is 43.4. The van der Waals surface area contributed by atoms with Crippen LogP contribution in [0.1, 0.15) is 278 Å². The van der Waals surface area contributed by atoms with E-state index < -0.39 is 0 Å². The van der Waals surface area contributed by atoms with E-state index in [2.05, 4.69) is 46.7 Å². The fraction of sp³-hybridized carbons (Fsp3) is 0.982. The molecule has 63 heavy (non-hydrogen) atoms. The van der Waals surface area contributed by atoms with Crippen molar-refractivity contribution >= 4 is 5.97 Å². The van der Waals surface area contributed by atoms with Crippen molar-refractivity contribution in [1.82, 2.24) is 4.90 Å². The maximum atomic E-state index is 12.4. The number of epoxide rings is 1. The SMILES string of the molecule is CCCCCC(CCCCC)CCOC(=O)CCCCCCCCCC(CCCCCCCCCC1(OCCC(CCCCC)CCCCC)CO1)OCC(O)CCCCN(C)C. The normalized spacial score (nSPS) is 16.2. The van der Waals surface area contributed by atoms with Crippen LogP contribution in [0, 0.1) is 11.8 Å². The number of aliphatic hydroxyl groups excluding tert-OH is 1. The van der Waals surface area contributed by atoms with Gasteiger partial charge in [0.2, 0.25) is 0 Å². The minimum absolute atomic E-state index is 0.00320. The van der Waals surface area contributed by atoms with E-state index in [0.717, 1.165) is 83.5 Å². The van der Waals surface area contributed by atoms with Gasteiger partial charge >= 0.3 is 5.97 Å². The molecule has 0 saturated carbocycles. The van der Waals surface area contributed by atoms with E-state index in [4.69, 9.17) is 18.9 Å². The molecule has 3 atom stereocenters. The highest BCUT2D eigenvalue weighted by Gasteiger charge is 2.45. The molecule has 1 aliphatic rings. The molecule has 3 unspecified atom stereocenters. The molecule has 1 aliphatic heterocycles. The number of carbonyl (C=O) groups is 1. The van der Waals surface area contributed by atoms with Crippen molar-refractivity contribution in [1.29, 1.82) is 0 Å². The average molecular weight is 895 g/mol. The van der Waals surface area contributed by atoms with E-state index >= 15 is 0 Å². The predicted octanol–water partition coefficient (Wildman–Crippen LogP) is 16.1. The van der Waals surface area contributed by atoms with Crippen molar-refractivity contribution < 1.29 is 28.8 Å². The van der Waals surface area contributed by atoms with Crippen LogP contribution in [-0.2, 0) is 23.7 Å². The number of nitrogens with zero attached hydrogens (tertiary/aromatic N) is 1. The van der Waals surface area contributed by atoms with Crippen LogP contribution in [0.5, 0.6) is 0 Å². The smallest absolute Gasteiger partial charge is 0.305 e. The van der Waals surface area contributed by atoms with Crippen molar-refractivity contribution in [3.8, 4) is 0 Å². The molecule has 0 bridgehead atoms. The van der Waals surface area contributed by atoms with Gasteiger partial charge in [0, 0.05) is 12.8 Å². The van der Waals surface area contributed by atoms with E-state index in [9.17, 15) is 9.90 Å². The first-order valence-corrected chi connectivity index (χ1v) is 28.1. The molecule has 0 aliphatic carbocycles. The van der Waals surface area contributed by atoms with Gasteiger partial charge in [-0.3, -0.25) is 4.79 Å². The minimum Gasteiger partial charge on any atom is -0.466 e. The Bertz CT molecular complexity index is 938. The van der Waals surface area contributed by atoms with Gasteiger partial charge in [0.05, 0.1) is 32.0 Å². The van der Waals surface area contributed by atoms with Gasteiger partial charge in [0.1, 0.15) is 6.61 Å². The second-order valence-electron chi connectivity index (χ2n) is 20.5. The van der Waals surface area contributed by atoms with E-state index in [1.165, 1.54) is 186 Å². The summed E-state index contributed by atoms with van der Waals surface area (Å²) in [6, 6.07) is 0. The Balaban J connectivity index is 2.25. The minimum atomic E-state index is -0.358. The summed E-state index contributed by atoms with van der Waals surface area (Å²) >= 11 is 0. The summed E-state index contributed by atoms with van der Waals surface area (Å²) in [6.45, 7) is 13.0. The number of unbranched alkanes of at least 4 members (excludes halogenated alkanes) is 21. The molecule has 0 aromatic heterocycles. The fourth-order valence-electron chi connectivity index (χ4n) is 9.43. The van der Waals surface area contributed by atoms with Crippen molar-refractivity contribution in [2.24, 2.45) is 11.8 Å². The molecule has 0 spiro atoms. The van der Waals surface area contributed by atoms with Crippen LogP contribution in [-0.4, -0.2) is 81.0 Å². The van der Waals surface area contributed by atoms with Crippen LogP contribution < -0.4 is 0 Å². The van der Waals surface area contributed by atoms with Crippen LogP contribution in [0.4, 0.5) is 0 Å². The zero-order valence-corrected chi connectivity index (χ0v) is 43.4. The van der Waals surface area contributed by atoms with Crippen molar-refractivity contribution in [3.05, 3.63) is 0 Å². The Morgan fingerprint density at radius 2 is 0.968 bits per heavy atom. The van der Waals surface area contributed by atoms with Gasteiger partial charge in [-0.25, -0.2) is 0 Å². The summed E-state index contributed by atoms with van der Waals surface area (Å²) in [6.07, 6.45) is 47.2. The summed E-state index contributed by atoms with van der Waals surface area (Å²) < 4.78 is 24.3. The monoisotopic (exact) mass is 894 g/mol. The van der Waals surface area contributed by atoms with E-state index in [-0.39, 0.29) is 24.0 Å². The van der Waals surface area contributed by atoms with Crippen molar-refractivity contribution in [2.45, 2.75) is 296 Å². The Labute approximate surface area is 393 Å². The molecule has 376 valence electrons. The first-order chi connectivity index (χ1) is 30.8. The summed E-state index contributed by atoms with van der Waals surface area (Å²) in [5.41, 5.74) is 0. The maximum absolute atomic E-state index is 12.4. The zero-order chi connectivity index (χ0) is 45.9. The highest BCUT2D eigenvalue weighted by molar-refractivity contribution is 5.69. The van der Waals surface area contributed by atoms with Gasteiger partial charge in [0.25, 0.3) is 0 Å². The van der Waals surface area contributed by atoms with E-state index in [0.29, 0.717) is 25.6 Å². The summed E-state index contributed by atoms with van der Waals surface area (Å²) in [5, 5.41) is 10.7. The molecule has 0 amide bonds. The van der Waals surface area contributed by atoms with Gasteiger partial charge in [-0.2, -0.15) is 0 Å². The average Bonchev–Trinajstić information content (AvgIpc) is 4.04. The lowest BCUT2D eigenvalue weighted by Gasteiger charge is -2.20. The molecule has 7 heteroatoms. The Kier molecular flexibility index (Phi) is 41.9. The van der Waals surface area contributed by atoms with Crippen LogP contribution in [0.15, 0.2) is 0 Å². The topological polar surface area (TPSA) is 80.8 Å². The molecular weight excluding hydrogens is 783 g/mol. The molecule has 7 nitrogen and oxygen atoms in total. The predicted molar refractivity (Wildman–Crippen MR) is 270 cm³/mol. The largest absolute Gasteiger partial charge is 0.466 e. The maximum Gasteiger partial charge on any atom is 0.305 e. The van der Waals surface area contributed by atoms with Crippen molar-refractivity contribution in [3.63, 3.8) is 0 Å². The summed E-state index contributed by atoms with van der Waals surface area (Å²) in [4.78, 5) is 14.6. The third kappa shape index (κ3) is 39.0. The van der Waals surface area contributed by atoms with Crippen molar-refractivity contribution in [2.75, 3.05) is 47.1 Å². The Morgan fingerprint density at radius 3 is 1.44 bits per heavy atom.